The molecule has 0 saturated heterocycles. The number of sulfonamides is 1. The van der Waals surface area contributed by atoms with Crippen molar-refractivity contribution in [1.82, 2.24) is 10.2 Å². The van der Waals surface area contributed by atoms with E-state index in [1.165, 1.54) is 17.0 Å². The van der Waals surface area contributed by atoms with Gasteiger partial charge in [-0.25, -0.2) is 8.42 Å². The Bertz CT molecular complexity index is 1170. The van der Waals surface area contributed by atoms with Crippen LogP contribution < -0.4 is 9.62 Å². The highest BCUT2D eigenvalue weighted by Crippen LogP contribution is 2.21. The lowest BCUT2D eigenvalue weighted by Gasteiger charge is -2.32. The van der Waals surface area contributed by atoms with E-state index in [9.17, 15) is 18.0 Å². The molecule has 1 aliphatic carbocycles. The Labute approximate surface area is 228 Å². The van der Waals surface area contributed by atoms with Gasteiger partial charge in [0, 0.05) is 25.6 Å². The molecule has 38 heavy (non-hydrogen) atoms. The van der Waals surface area contributed by atoms with Crippen LogP contribution in [0.15, 0.2) is 48.5 Å². The van der Waals surface area contributed by atoms with Crippen LogP contribution in [0.1, 0.15) is 75.5 Å². The van der Waals surface area contributed by atoms with Crippen LogP contribution in [0.25, 0.3) is 0 Å². The molecular formula is C30H43N3O4S. The Hall–Kier alpha value is -2.87. The van der Waals surface area contributed by atoms with Crippen molar-refractivity contribution in [2.45, 2.75) is 90.8 Å². The second-order valence-electron chi connectivity index (χ2n) is 10.4. The zero-order chi connectivity index (χ0) is 27.7. The molecule has 1 saturated carbocycles. The fourth-order valence-corrected chi connectivity index (χ4v) is 5.99. The average Bonchev–Trinajstić information content (AvgIpc) is 2.90. The molecular weight excluding hydrogens is 498 g/mol. The molecule has 8 heteroatoms. The van der Waals surface area contributed by atoms with Crippen molar-refractivity contribution in [3.05, 3.63) is 65.2 Å². The number of rotatable bonds is 12. The Balaban J connectivity index is 1.71. The van der Waals surface area contributed by atoms with Gasteiger partial charge >= 0.3 is 0 Å². The van der Waals surface area contributed by atoms with Crippen molar-refractivity contribution in [2.24, 2.45) is 0 Å². The van der Waals surface area contributed by atoms with Gasteiger partial charge in [-0.15, -0.1) is 0 Å². The number of aryl methyl sites for hydroxylation is 2. The second kappa shape index (κ2) is 13.8. The van der Waals surface area contributed by atoms with Gasteiger partial charge in [0.2, 0.25) is 21.8 Å². The second-order valence-corrected chi connectivity index (χ2v) is 12.3. The normalized spacial score (nSPS) is 15.1. The highest BCUT2D eigenvalue weighted by Gasteiger charge is 2.28. The molecule has 1 unspecified atom stereocenters. The Morgan fingerprint density at radius 2 is 1.68 bits per heavy atom. The molecule has 1 aliphatic rings. The number of hydrogen-bond acceptors (Lipinski definition) is 4. The van der Waals surface area contributed by atoms with E-state index in [1.54, 1.807) is 11.8 Å². The van der Waals surface area contributed by atoms with Crippen LogP contribution in [0.3, 0.4) is 0 Å². The summed E-state index contributed by atoms with van der Waals surface area (Å²) in [6, 6.07) is 14.9. The highest BCUT2D eigenvalue weighted by molar-refractivity contribution is 7.92. The molecule has 2 amide bonds. The number of anilines is 1. The van der Waals surface area contributed by atoms with Gasteiger partial charge in [-0.05, 0) is 68.4 Å². The predicted octanol–water partition coefficient (Wildman–Crippen LogP) is 4.97. The van der Waals surface area contributed by atoms with E-state index >= 15 is 0 Å². The number of nitrogens with one attached hydrogen (secondary N) is 1. The third-order valence-electron chi connectivity index (χ3n) is 7.51. The maximum Gasteiger partial charge on any atom is 0.242 e. The number of carbonyl (C=O) groups excluding carboxylic acids is 2. The van der Waals surface area contributed by atoms with Crippen LogP contribution in [-0.2, 0) is 32.6 Å². The summed E-state index contributed by atoms with van der Waals surface area (Å²) in [7, 11) is -3.51. The zero-order valence-electron chi connectivity index (χ0n) is 23.3. The summed E-state index contributed by atoms with van der Waals surface area (Å²) < 4.78 is 26.4. The van der Waals surface area contributed by atoms with E-state index < -0.39 is 16.1 Å². The molecule has 0 bridgehead atoms. The smallest absolute Gasteiger partial charge is 0.242 e. The molecule has 3 rings (SSSR count). The number of hydrogen-bond donors (Lipinski definition) is 1. The number of benzene rings is 2. The van der Waals surface area contributed by atoms with Gasteiger partial charge in [-0.2, -0.15) is 0 Å². The lowest BCUT2D eigenvalue weighted by Crippen LogP contribution is -2.50. The molecule has 1 fully saturated rings. The molecule has 2 aromatic rings. The minimum Gasteiger partial charge on any atom is -0.352 e. The fourth-order valence-electron chi connectivity index (χ4n) is 5.02. The quantitative estimate of drug-likeness (QED) is 0.411. The first kappa shape index (κ1) is 29.7. The van der Waals surface area contributed by atoms with Crippen LogP contribution in [0.5, 0.6) is 0 Å². The van der Waals surface area contributed by atoms with Crippen molar-refractivity contribution < 1.29 is 18.0 Å². The maximum absolute atomic E-state index is 13.5. The first-order valence-electron chi connectivity index (χ1n) is 13.8. The number of nitrogens with zero attached hydrogens (tertiary/aromatic N) is 2. The van der Waals surface area contributed by atoms with E-state index in [1.807, 2.05) is 62.4 Å². The SMILES string of the molecule is CCc1ccc(N(CCCC(=O)N(Cc2ccccc2C)C(C)C(=O)NC2CCCCC2)S(C)(=O)=O)cc1. The molecule has 0 aliphatic heterocycles. The summed E-state index contributed by atoms with van der Waals surface area (Å²) in [4.78, 5) is 28.4. The predicted molar refractivity (Wildman–Crippen MR) is 153 cm³/mol. The van der Waals surface area contributed by atoms with Gasteiger partial charge in [-0.3, -0.25) is 13.9 Å². The minimum atomic E-state index is -3.51. The summed E-state index contributed by atoms with van der Waals surface area (Å²) >= 11 is 0. The van der Waals surface area contributed by atoms with E-state index in [0.717, 1.165) is 48.8 Å². The third-order valence-corrected chi connectivity index (χ3v) is 8.70. The van der Waals surface area contributed by atoms with E-state index in [2.05, 4.69) is 5.32 Å². The van der Waals surface area contributed by atoms with Crippen molar-refractivity contribution in [1.29, 1.82) is 0 Å². The van der Waals surface area contributed by atoms with Gasteiger partial charge in [0.25, 0.3) is 0 Å². The van der Waals surface area contributed by atoms with E-state index in [0.29, 0.717) is 18.7 Å². The van der Waals surface area contributed by atoms with Crippen molar-refractivity contribution >= 4 is 27.5 Å². The third kappa shape index (κ3) is 8.32. The first-order chi connectivity index (χ1) is 18.1. The lowest BCUT2D eigenvalue weighted by atomic mass is 9.95. The topological polar surface area (TPSA) is 86.8 Å². The van der Waals surface area contributed by atoms with Crippen LogP contribution in [-0.4, -0.2) is 50.0 Å². The first-order valence-corrected chi connectivity index (χ1v) is 15.7. The Kier molecular flexibility index (Phi) is 10.8. The summed E-state index contributed by atoms with van der Waals surface area (Å²) in [5.74, 6) is -0.290. The van der Waals surface area contributed by atoms with Gasteiger partial charge in [0.05, 0.1) is 11.9 Å². The van der Waals surface area contributed by atoms with Gasteiger partial charge < -0.3 is 10.2 Å². The molecule has 7 nitrogen and oxygen atoms in total. The van der Waals surface area contributed by atoms with Crippen LogP contribution in [0, 0.1) is 6.92 Å². The van der Waals surface area contributed by atoms with E-state index in [4.69, 9.17) is 0 Å². The Morgan fingerprint density at radius 1 is 1.03 bits per heavy atom. The molecule has 2 aromatic carbocycles. The standard InChI is InChI=1S/C30H43N3O4S/c1-5-25-17-19-28(20-18-25)33(38(4,36)37)21-11-16-29(34)32(22-26-13-10-9-12-23(26)2)24(3)30(35)31-27-14-7-6-8-15-27/h9-10,12-13,17-20,24,27H,5-8,11,14-16,21-22H2,1-4H3,(H,31,35). The van der Waals surface area contributed by atoms with E-state index in [-0.39, 0.29) is 30.8 Å². The average molecular weight is 542 g/mol. The lowest BCUT2D eigenvalue weighted by molar-refractivity contribution is -0.141. The largest absolute Gasteiger partial charge is 0.352 e. The minimum absolute atomic E-state index is 0.132. The van der Waals surface area contributed by atoms with Crippen molar-refractivity contribution in [3.63, 3.8) is 0 Å². The fraction of sp³-hybridized carbons (Fsp3) is 0.533. The monoisotopic (exact) mass is 541 g/mol. The highest BCUT2D eigenvalue weighted by atomic mass is 32.2. The summed E-state index contributed by atoms with van der Waals surface area (Å²) in [5, 5.41) is 3.16. The summed E-state index contributed by atoms with van der Waals surface area (Å²) in [6.45, 7) is 6.36. The summed E-state index contributed by atoms with van der Waals surface area (Å²) in [5.41, 5.74) is 3.77. The van der Waals surface area contributed by atoms with Crippen LogP contribution >= 0.6 is 0 Å². The molecule has 0 heterocycles. The van der Waals surface area contributed by atoms with Crippen molar-refractivity contribution in [3.8, 4) is 0 Å². The number of carbonyl (C=O) groups is 2. The molecule has 208 valence electrons. The molecule has 1 atom stereocenters. The molecule has 0 aromatic heterocycles. The maximum atomic E-state index is 13.5. The van der Waals surface area contributed by atoms with Gasteiger partial charge in [0.1, 0.15) is 6.04 Å². The van der Waals surface area contributed by atoms with Crippen LogP contribution in [0.4, 0.5) is 5.69 Å². The molecule has 0 radical (unpaired) electrons. The van der Waals surface area contributed by atoms with Gasteiger partial charge in [0.15, 0.2) is 0 Å². The summed E-state index contributed by atoms with van der Waals surface area (Å²) in [6.07, 6.45) is 7.94. The van der Waals surface area contributed by atoms with Crippen LogP contribution in [0.2, 0.25) is 0 Å². The Morgan fingerprint density at radius 3 is 2.29 bits per heavy atom. The molecule has 0 spiro atoms. The van der Waals surface area contributed by atoms with Crippen molar-refractivity contribution in [2.75, 3.05) is 17.1 Å². The molecule has 1 N–H and O–H groups in total. The zero-order valence-corrected chi connectivity index (χ0v) is 24.1. The number of amides is 2. The van der Waals surface area contributed by atoms with Gasteiger partial charge in [-0.1, -0.05) is 62.6 Å².